The van der Waals surface area contributed by atoms with E-state index >= 15 is 0 Å². The van der Waals surface area contributed by atoms with E-state index in [0.717, 1.165) is 0 Å². The molecule has 1 rings (SSSR count). The predicted octanol–water partition coefficient (Wildman–Crippen LogP) is 2.22. The quantitative estimate of drug-likeness (QED) is 0.645. The first kappa shape index (κ1) is 14.9. The van der Waals surface area contributed by atoms with Gasteiger partial charge < -0.3 is 5.73 Å². The first-order chi connectivity index (χ1) is 7.88. The Labute approximate surface area is 115 Å². The van der Waals surface area contributed by atoms with E-state index in [1.807, 2.05) is 6.26 Å². The molecule has 96 valence electrons. The molecule has 0 fully saturated rings. The van der Waals surface area contributed by atoms with E-state index in [4.69, 9.17) is 28.9 Å². The van der Waals surface area contributed by atoms with E-state index < -0.39 is 10.0 Å². The van der Waals surface area contributed by atoms with Crippen LogP contribution in [0.2, 0.25) is 10.0 Å². The number of thioether (sulfide) groups is 1. The summed E-state index contributed by atoms with van der Waals surface area (Å²) in [5, 5.41) is 0.321. The van der Waals surface area contributed by atoms with Crippen molar-refractivity contribution in [2.24, 2.45) is 0 Å². The van der Waals surface area contributed by atoms with Crippen molar-refractivity contribution in [3.05, 3.63) is 22.2 Å². The number of nitrogens with two attached hydrogens (primary N) is 1. The van der Waals surface area contributed by atoms with Gasteiger partial charge in [0.1, 0.15) is 4.90 Å². The molecule has 3 N–H and O–H groups in total. The number of hydrogen-bond donors (Lipinski definition) is 2. The maximum atomic E-state index is 11.9. The topological polar surface area (TPSA) is 72.2 Å². The maximum Gasteiger partial charge on any atom is 0.244 e. The molecule has 0 aliphatic carbocycles. The van der Waals surface area contributed by atoms with Gasteiger partial charge in [0.25, 0.3) is 0 Å². The summed E-state index contributed by atoms with van der Waals surface area (Å²) in [7, 11) is -3.69. The average Bonchev–Trinajstić information content (AvgIpc) is 2.15. The maximum absolute atomic E-state index is 11.9. The number of benzene rings is 1. The standard InChI is InChI=1S/C9H12Cl2N2O2S2/c1-16-3-2-13-17(14,15)9-7(11)4-6(10)5-8(9)12/h4-5,13H,2-3,12H2,1H3. The molecule has 17 heavy (non-hydrogen) atoms. The Morgan fingerprint density at radius 3 is 2.59 bits per heavy atom. The molecular formula is C9H12Cl2N2O2S2. The third-order valence-electron chi connectivity index (χ3n) is 1.90. The number of nitrogens with one attached hydrogen (secondary N) is 1. The second-order valence-electron chi connectivity index (χ2n) is 3.20. The van der Waals surface area contributed by atoms with Gasteiger partial charge >= 0.3 is 0 Å². The smallest absolute Gasteiger partial charge is 0.244 e. The molecular weight excluding hydrogens is 303 g/mol. The number of nitrogen functional groups attached to an aromatic ring is 1. The lowest BCUT2D eigenvalue weighted by Gasteiger charge is -2.10. The summed E-state index contributed by atoms with van der Waals surface area (Å²) in [6.45, 7) is 0.321. The first-order valence-electron chi connectivity index (χ1n) is 4.61. The van der Waals surface area contributed by atoms with Gasteiger partial charge in [0.15, 0.2) is 0 Å². The monoisotopic (exact) mass is 314 g/mol. The molecule has 0 aliphatic heterocycles. The molecule has 0 saturated carbocycles. The normalized spacial score (nSPS) is 11.7. The zero-order valence-electron chi connectivity index (χ0n) is 9.04. The van der Waals surface area contributed by atoms with Gasteiger partial charge in [-0.25, -0.2) is 13.1 Å². The van der Waals surface area contributed by atoms with Crippen LogP contribution in [0, 0.1) is 0 Å². The average molecular weight is 315 g/mol. The van der Waals surface area contributed by atoms with Crippen LogP contribution in [0.4, 0.5) is 5.69 Å². The van der Waals surface area contributed by atoms with Gasteiger partial charge in [0, 0.05) is 17.3 Å². The largest absolute Gasteiger partial charge is 0.398 e. The predicted molar refractivity (Wildman–Crippen MR) is 74.4 cm³/mol. The Balaban J connectivity index is 3.07. The number of rotatable bonds is 5. The van der Waals surface area contributed by atoms with Crippen LogP contribution in [0.15, 0.2) is 17.0 Å². The summed E-state index contributed by atoms with van der Waals surface area (Å²) >= 11 is 13.1. The number of sulfonamides is 1. The van der Waals surface area contributed by atoms with Gasteiger partial charge in [-0.05, 0) is 18.4 Å². The summed E-state index contributed by atoms with van der Waals surface area (Å²) in [4.78, 5) is -0.121. The van der Waals surface area contributed by atoms with Crippen molar-refractivity contribution in [1.82, 2.24) is 4.72 Å². The highest BCUT2D eigenvalue weighted by Gasteiger charge is 2.21. The lowest BCUT2D eigenvalue weighted by atomic mass is 10.3. The molecule has 8 heteroatoms. The van der Waals surface area contributed by atoms with Crippen LogP contribution < -0.4 is 10.5 Å². The van der Waals surface area contributed by atoms with Crippen LogP contribution in [-0.2, 0) is 10.0 Å². The van der Waals surface area contributed by atoms with Crippen molar-refractivity contribution in [2.75, 3.05) is 24.3 Å². The van der Waals surface area contributed by atoms with Crippen molar-refractivity contribution in [1.29, 1.82) is 0 Å². The van der Waals surface area contributed by atoms with E-state index in [1.54, 1.807) is 0 Å². The zero-order chi connectivity index (χ0) is 13.1. The second kappa shape index (κ2) is 6.15. The molecule has 0 saturated heterocycles. The van der Waals surface area contributed by atoms with Crippen LogP contribution in [0.3, 0.4) is 0 Å². The molecule has 0 unspecified atom stereocenters. The molecule has 1 aromatic rings. The van der Waals surface area contributed by atoms with E-state index in [-0.39, 0.29) is 15.6 Å². The molecule has 0 aliphatic rings. The number of anilines is 1. The van der Waals surface area contributed by atoms with E-state index in [1.165, 1.54) is 23.9 Å². The Morgan fingerprint density at radius 1 is 1.41 bits per heavy atom. The van der Waals surface area contributed by atoms with Gasteiger partial charge in [-0.3, -0.25) is 0 Å². The number of hydrogen-bond acceptors (Lipinski definition) is 4. The Bertz CT molecular complexity index is 483. The van der Waals surface area contributed by atoms with Crippen LogP contribution in [0.5, 0.6) is 0 Å². The summed E-state index contributed by atoms with van der Waals surface area (Å²) in [5.74, 6) is 0.671. The minimum atomic E-state index is -3.69. The third kappa shape index (κ3) is 3.93. The Morgan fingerprint density at radius 2 is 2.06 bits per heavy atom. The number of halogens is 2. The van der Waals surface area contributed by atoms with Crippen LogP contribution >= 0.6 is 35.0 Å². The third-order valence-corrected chi connectivity index (χ3v) is 4.72. The van der Waals surface area contributed by atoms with Crippen LogP contribution in [-0.4, -0.2) is 27.0 Å². The van der Waals surface area contributed by atoms with Gasteiger partial charge in [-0.2, -0.15) is 11.8 Å². The molecule has 0 spiro atoms. The van der Waals surface area contributed by atoms with Crippen molar-refractivity contribution >= 4 is 50.7 Å². The molecule has 1 aromatic carbocycles. The SMILES string of the molecule is CSCCNS(=O)(=O)c1c(N)cc(Cl)cc1Cl. The first-order valence-corrected chi connectivity index (χ1v) is 8.25. The molecule has 0 atom stereocenters. The highest BCUT2D eigenvalue weighted by molar-refractivity contribution is 7.98. The molecule has 0 aromatic heterocycles. The fourth-order valence-electron chi connectivity index (χ4n) is 1.21. The van der Waals surface area contributed by atoms with Crippen molar-refractivity contribution in [3.63, 3.8) is 0 Å². The van der Waals surface area contributed by atoms with E-state index in [9.17, 15) is 8.42 Å². The summed E-state index contributed by atoms with van der Waals surface area (Å²) in [6.07, 6.45) is 1.89. The van der Waals surface area contributed by atoms with Gasteiger partial charge in [-0.1, -0.05) is 23.2 Å². The van der Waals surface area contributed by atoms with Crippen LogP contribution in [0.1, 0.15) is 0 Å². The van der Waals surface area contributed by atoms with Crippen LogP contribution in [0.25, 0.3) is 0 Å². The van der Waals surface area contributed by atoms with Crippen molar-refractivity contribution in [3.8, 4) is 0 Å². The Kier molecular flexibility index (Phi) is 5.40. The van der Waals surface area contributed by atoms with Gasteiger partial charge in [0.05, 0.1) is 10.7 Å². The highest BCUT2D eigenvalue weighted by Crippen LogP contribution is 2.30. The van der Waals surface area contributed by atoms with E-state index in [0.29, 0.717) is 17.3 Å². The van der Waals surface area contributed by atoms with Gasteiger partial charge in [0.2, 0.25) is 10.0 Å². The molecule has 0 amide bonds. The molecule has 0 bridgehead atoms. The molecule has 4 nitrogen and oxygen atoms in total. The minimum absolute atomic E-state index is 0.0200. The van der Waals surface area contributed by atoms with E-state index in [2.05, 4.69) is 4.72 Å². The van der Waals surface area contributed by atoms with Crippen molar-refractivity contribution < 1.29 is 8.42 Å². The highest BCUT2D eigenvalue weighted by atomic mass is 35.5. The minimum Gasteiger partial charge on any atom is -0.398 e. The zero-order valence-corrected chi connectivity index (χ0v) is 12.2. The second-order valence-corrected chi connectivity index (χ2v) is 6.73. The fraction of sp³-hybridized carbons (Fsp3) is 0.333. The van der Waals surface area contributed by atoms with Crippen molar-refractivity contribution in [2.45, 2.75) is 4.90 Å². The summed E-state index contributed by atoms with van der Waals surface area (Å²) in [6, 6.07) is 2.71. The fourth-order valence-corrected chi connectivity index (χ4v) is 3.66. The molecule has 0 radical (unpaired) electrons. The molecule has 0 heterocycles. The summed E-state index contributed by atoms with van der Waals surface area (Å²) in [5.41, 5.74) is 5.66. The Hall–Kier alpha value is -0.140. The summed E-state index contributed by atoms with van der Waals surface area (Å²) < 4.78 is 26.3. The lowest BCUT2D eigenvalue weighted by molar-refractivity contribution is 0.584. The lowest BCUT2D eigenvalue weighted by Crippen LogP contribution is -2.27. The van der Waals surface area contributed by atoms with Gasteiger partial charge in [-0.15, -0.1) is 0 Å².